The molecular weight excluding hydrogens is 402 g/mol. The number of hydrogen-bond acceptors (Lipinski definition) is 5. The molecule has 0 bridgehead atoms. The summed E-state index contributed by atoms with van der Waals surface area (Å²) in [4.78, 5) is 53.2. The zero-order valence-corrected chi connectivity index (χ0v) is 17.3. The van der Waals surface area contributed by atoms with Crippen LogP contribution in [0.25, 0.3) is 10.9 Å². The molecule has 1 aliphatic heterocycles. The molecule has 3 atom stereocenters. The summed E-state index contributed by atoms with van der Waals surface area (Å²) in [5.41, 5.74) is 7.13. The SMILES string of the molecule is CC(N)C(=O)NCC(=O)N1CCCC1C(=O)NC(Cc1c[nH]c2ccccc12)C(=O)O. The Hall–Kier alpha value is -3.40. The highest BCUT2D eigenvalue weighted by Crippen LogP contribution is 2.21. The molecule has 3 rings (SSSR count). The number of H-pyrrole nitrogens is 1. The maximum Gasteiger partial charge on any atom is 0.326 e. The number of rotatable bonds is 8. The van der Waals surface area contributed by atoms with Crippen molar-refractivity contribution in [1.29, 1.82) is 0 Å². The van der Waals surface area contributed by atoms with Gasteiger partial charge in [0.25, 0.3) is 0 Å². The van der Waals surface area contributed by atoms with E-state index in [0.717, 1.165) is 16.5 Å². The summed E-state index contributed by atoms with van der Waals surface area (Å²) in [5, 5.41) is 15.6. The number of likely N-dealkylation sites (tertiary alicyclic amines) is 1. The Morgan fingerprint density at radius 3 is 2.74 bits per heavy atom. The normalized spacial score (nSPS) is 17.9. The van der Waals surface area contributed by atoms with Gasteiger partial charge >= 0.3 is 5.97 Å². The van der Waals surface area contributed by atoms with E-state index in [1.807, 2.05) is 24.3 Å². The number of carboxylic acids is 1. The maximum atomic E-state index is 12.8. The van der Waals surface area contributed by atoms with Gasteiger partial charge in [-0.2, -0.15) is 0 Å². The summed E-state index contributed by atoms with van der Waals surface area (Å²) in [6.45, 7) is 1.61. The van der Waals surface area contributed by atoms with Gasteiger partial charge < -0.3 is 31.4 Å². The van der Waals surface area contributed by atoms with Crippen LogP contribution in [0.15, 0.2) is 30.5 Å². The molecule has 1 saturated heterocycles. The number of carbonyl (C=O) groups excluding carboxylic acids is 3. The number of para-hydroxylation sites is 1. The van der Waals surface area contributed by atoms with Crippen LogP contribution in [0.2, 0.25) is 0 Å². The highest BCUT2D eigenvalue weighted by molar-refractivity contribution is 5.93. The van der Waals surface area contributed by atoms with E-state index in [2.05, 4.69) is 15.6 Å². The average Bonchev–Trinajstić information content (AvgIpc) is 3.38. The number of aromatic nitrogens is 1. The van der Waals surface area contributed by atoms with E-state index in [4.69, 9.17) is 5.73 Å². The van der Waals surface area contributed by atoms with Gasteiger partial charge in [-0.25, -0.2) is 4.79 Å². The molecule has 0 radical (unpaired) electrons. The molecule has 2 aromatic rings. The molecule has 10 nitrogen and oxygen atoms in total. The summed E-state index contributed by atoms with van der Waals surface area (Å²) >= 11 is 0. The third-order valence-electron chi connectivity index (χ3n) is 5.42. The monoisotopic (exact) mass is 429 g/mol. The Kier molecular flexibility index (Phi) is 6.91. The van der Waals surface area contributed by atoms with E-state index in [1.54, 1.807) is 6.20 Å². The molecule has 1 aromatic carbocycles. The van der Waals surface area contributed by atoms with Crippen molar-refractivity contribution in [2.24, 2.45) is 5.73 Å². The molecule has 1 aliphatic rings. The van der Waals surface area contributed by atoms with Crippen molar-refractivity contribution in [3.8, 4) is 0 Å². The molecule has 31 heavy (non-hydrogen) atoms. The van der Waals surface area contributed by atoms with E-state index < -0.39 is 41.8 Å². The molecule has 1 aromatic heterocycles. The fraction of sp³-hybridized carbons (Fsp3) is 0.429. The highest BCUT2D eigenvalue weighted by Gasteiger charge is 2.36. The Labute approximate surface area is 179 Å². The number of carboxylic acid groups (broad SMARTS) is 1. The van der Waals surface area contributed by atoms with E-state index >= 15 is 0 Å². The van der Waals surface area contributed by atoms with Gasteiger partial charge in [-0.1, -0.05) is 18.2 Å². The largest absolute Gasteiger partial charge is 0.480 e. The van der Waals surface area contributed by atoms with Gasteiger partial charge in [-0.05, 0) is 31.4 Å². The Bertz CT molecular complexity index is 985. The van der Waals surface area contributed by atoms with Crippen molar-refractivity contribution < 1.29 is 24.3 Å². The second-order valence-electron chi connectivity index (χ2n) is 7.71. The first-order valence-corrected chi connectivity index (χ1v) is 10.2. The highest BCUT2D eigenvalue weighted by atomic mass is 16.4. The lowest BCUT2D eigenvalue weighted by Gasteiger charge is -2.25. The van der Waals surface area contributed by atoms with Crippen LogP contribution in [0, 0.1) is 0 Å². The fourth-order valence-corrected chi connectivity index (χ4v) is 3.75. The predicted molar refractivity (Wildman–Crippen MR) is 113 cm³/mol. The number of benzene rings is 1. The zero-order valence-electron chi connectivity index (χ0n) is 17.3. The van der Waals surface area contributed by atoms with Crippen LogP contribution < -0.4 is 16.4 Å². The van der Waals surface area contributed by atoms with Crippen LogP contribution in [0.5, 0.6) is 0 Å². The number of fused-ring (bicyclic) bond motifs is 1. The second kappa shape index (κ2) is 9.61. The molecule has 6 N–H and O–H groups in total. The van der Waals surface area contributed by atoms with Crippen LogP contribution in [-0.2, 0) is 25.6 Å². The van der Waals surface area contributed by atoms with Gasteiger partial charge in [0.2, 0.25) is 17.7 Å². The van der Waals surface area contributed by atoms with Crippen LogP contribution >= 0.6 is 0 Å². The summed E-state index contributed by atoms with van der Waals surface area (Å²) < 4.78 is 0. The van der Waals surface area contributed by atoms with Crippen LogP contribution in [-0.4, -0.2) is 69.9 Å². The molecule has 3 amide bonds. The zero-order chi connectivity index (χ0) is 22.5. The molecule has 1 fully saturated rings. The first kappa shape index (κ1) is 22.3. The third kappa shape index (κ3) is 5.21. The number of nitrogens with one attached hydrogen (secondary N) is 3. The minimum absolute atomic E-state index is 0.107. The van der Waals surface area contributed by atoms with Gasteiger partial charge in [0, 0.05) is 30.1 Å². The van der Waals surface area contributed by atoms with Crippen molar-refractivity contribution in [3.63, 3.8) is 0 Å². The molecule has 0 saturated carbocycles. The third-order valence-corrected chi connectivity index (χ3v) is 5.42. The van der Waals surface area contributed by atoms with Gasteiger partial charge in [-0.3, -0.25) is 14.4 Å². The topological polar surface area (TPSA) is 158 Å². The van der Waals surface area contributed by atoms with E-state index in [1.165, 1.54) is 11.8 Å². The Morgan fingerprint density at radius 1 is 1.29 bits per heavy atom. The van der Waals surface area contributed by atoms with Gasteiger partial charge in [0.05, 0.1) is 12.6 Å². The number of nitrogens with two attached hydrogens (primary N) is 1. The van der Waals surface area contributed by atoms with Gasteiger partial charge in [-0.15, -0.1) is 0 Å². The van der Waals surface area contributed by atoms with Crippen molar-refractivity contribution in [3.05, 3.63) is 36.0 Å². The quantitative estimate of drug-likeness (QED) is 0.389. The number of hydrogen-bond donors (Lipinski definition) is 5. The predicted octanol–water partition coefficient (Wildman–Crippen LogP) is -0.266. The molecular formula is C21H27N5O5. The van der Waals surface area contributed by atoms with Crippen molar-refractivity contribution in [2.75, 3.05) is 13.1 Å². The number of carbonyl (C=O) groups is 4. The molecule has 0 spiro atoms. The van der Waals surface area contributed by atoms with Crippen LogP contribution in [0.3, 0.4) is 0 Å². The molecule has 2 heterocycles. The van der Waals surface area contributed by atoms with E-state index in [-0.39, 0.29) is 13.0 Å². The van der Waals surface area contributed by atoms with Gasteiger partial charge in [0.1, 0.15) is 12.1 Å². The van der Waals surface area contributed by atoms with Crippen molar-refractivity contribution >= 4 is 34.6 Å². The summed E-state index contributed by atoms with van der Waals surface area (Å²) in [6.07, 6.45) is 2.89. The maximum absolute atomic E-state index is 12.8. The van der Waals surface area contributed by atoms with Gasteiger partial charge in [0.15, 0.2) is 0 Å². The summed E-state index contributed by atoms with van der Waals surface area (Å²) in [7, 11) is 0. The molecule has 166 valence electrons. The minimum Gasteiger partial charge on any atom is -0.480 e. The van der Waals surface area contributed by atoms with Crippen molar-refractivity contribution in [1.82, 2.24) is 20.5 Å². The Morgan fingerprint density at radius 2 is 2.03 bits per heavy atom. The number of aliphatic carboxylic acids is 1. The standard InChI is InChI=1S/C21H27N5O5/c1-12(22)19(28)24-11-18(27)26-8-4-7-17(26)20(29)25-16(21(30)31)9-13-10-23-15-6-3-2-5-14(13)15/h2-3,5-6,10,12,16-17,23H,4,7-9,11,22H2,1H3,(H,24,28)(H,25,29)(H,30,31). The average molecular weight is 429 g/mol. The first-order valence-electron chi connectivity index (χ1n) is 10.2. The Balaban J connectivity index is 1.65. The minimum atomic E-state index is -1.15. The van der Waals surface area contributed by atoms with E-state index in [0.29, 0.717) is 19.4 Å². The van der Waals surface area contributed by atoms with Crippen LogP contribution in [0.4, 0.5) is 0 Å². The first-order chi connectivity index (χ1) is 14.8. The lowest BCUT2D eigenvalue weighted by atomic mass is 10.0. The number of amides is 3. The lowest BCUT2D eigenvalue weighted by Crippen LogP contribution is -2.53. The number of aromatic amines is 1. The molecule has 0 aliphatic carbocycles. The lowest BCUT2D eigenvalue weighted by molar-refractivity contribution is -0.144. The van der Waals surface area contributed by atoms with E-state index in [9.17, 15) is 24.3 Å². The fourth-order valence-electron chi connectivity index (χ4n) is 3.75. The molecule has 10 heteroatoms. The second-order valence-corrected chi connectivity index (χ2v) is 7.71. The van der Waals surface area contributed by atoms with Crippen LogP contribution in [0.1, 0.15) is 25.3 Å². The smallest absolute Gasteiger partial charge is 0.326 e. The number of nitrogens with zero attached hydrogens (tertiary/aromatic N) is 1. The summed E-state index contributed by atoms with van der Waals surface area (Å²) in [5.74, 6) is -2.54. The summed E-state index contributed by atoms with van der Waals surface area (Å²) in [6, 6.07) is 4.86. The molecule has 3 unspecified atom stereocenters. The van der Waals surface area contributed by atoms with Crippen molar-refractivity contribution in [2.45, 2.75) is 44.3 Å².